The molecule has 0 aromatic rings. The molecule has 0 aliphatic heterocycles. The predicted molar refractivity (Wildman–Crippen MR) is 170 cm³/mol. The maximum Gasteiger partial charge on any atom is 0.0644 e. The molecule has 0 N–H and O–H groups in total. The average molecular weight is 536 g/mol. The lowest BCUT2D eigenvalue weighted by molar-refractivity contribution is 0.0197. The fourth-order valence-corrected chi connectivity index (χ4v) is 4.67. The Morgan fingerprint density at radius 2 is 0.842 bits per heavy atom. The summed E-state index contributed by atoms with van der Waals surface area (Å²) in [5.74, 6) is 0. The molecule has 0 fully saturated rings. The molecule has 226 valence electrons. The molecule has 38 heavy (non-hydrogen) atoms. The lowest BCUT2D eigenvalue weighted by Gasteiger charge is -2.24. The fraction of sp³-hybridized carbons (Fsp3) is 0.886. The minimum absolute atomic E-state index is 0.369. The van der Waals surface area contributed by atoms with Crippen LogP contribution in [0.5, 0.6) is 0 Å². The second-order valence-corrected chi connectivity index (χ2v) is 11.5. The summed E-state index contributed by atoms with van der Waals surface area (Å²) in [7, 11) is 4.27. The molecule has 0 aromatic heterocycles. The Balaban J connectivity index is 3.37. The number of rotatable bonds is 31. The number of hydrogen-bond acceptors (Lipinski definition) is 3. The Hall–Kier alpha value is -0.640. The number of ether oxygens (including phenoxy) is 2. The van der Waals surface area contributed by atoms with Crippen molar-refractivity contribution < 1.29 is 9.47 Å². The van der Waals surface area contributed by atoms with Gasteiger partial charge in [-0.15, -0.1) is 0 Å². The molecule has 0 aromatic carbocycles. The quantitative estimate of drug-likeness (QED) is 0.0651. The first-order chi connectivity index (χ1) is 18.7. The molecule has 0 bridgehead atoms. The molecule has 0 aliphatic carbocycles. The minimum Gasteiger partial charge on any atom is -0.380 e. The van der Waals surface area contributed by atoms with E-state index in [2.05, 4.69) is 57.1 Å². The highest BCUT2D eigenvalue weighted by Gasteiger charge is 2.11. The zero-order valence-corrected chi connectivity index (χ0v) is 26.5. The van der Waals surface area contributed by atoms with Gasteiger partial charge in [0.2, 0.25) is 0 Å². The average Bonchev–Trinajstić information content (AvgIpc) is 2.91. The Kier molecular flexibility index (Phi) is 32.0. The SMILES string of the molecule is CCCCC/C=C\C/C=C\CCCCCCCCCCCCOC[C@H](COCCCCCCCC)N(C)C. The Labute approximate surface area is 240 Å². The van der Waals surface area contributed by atoms with E-state index in [4.69, 9.17) is 9.47 Å². The van der Waals surface area contributed by atoms with E-state index in [9.17, 15) is 0 Å². The second kappa shape index (κ2) is 32.6. The molecule has 0 unspecified atom stereocenters. The highest BCUT2D eigenvalue weighted by atomic mass is 16.5. The molecule has 0 aliphatic rings. The van der Waals surface area contributed by atoms with Crippen molar-refractivity contribution in [1.29, 1.82) is 0 Å². The number of hydrogen-bond donors (Lipinski definition) is 0. The molecular weight excluding hydrogens is 466 g/mol. The van der Waals surface area contributed by atoms with Gasteiger partial charge in [-0.3, -0.25) is 0 Å². The summed E-state index contributed by atoms with van der Waals surface area (Å²) >= 11 is 0. The van der Waals surface area contributed by atoms with Crippen LogP contribution in [0.1, 0.15) is 155 Å². The highest BCUT2D eigenvalue weighted by molar-refractivity contribution is 4.92. The van der Waals surface area contributed by atoms with Gasteiger partial charge in [0.15, 0.2) is 0 Å². The van der Waals surface area contributed by atoms with Gasteiger partial charge in [-0.05, 0) is 59.0 Å². The van der Waals surface area contributed by atoms with Gasteiger partial charge in [0, 0.05) is 13.2 Å². The lowest BCUT2D eigenvalue weighted by Crippen LogP contribution is -2.37. The highest BCUT2D eigenvalue weighted by Crippen LogP contribution is 2.12. The van der Waals surface area contributed by atoms with Crippen LogP contribution in [0, 0.1) is 0 Å². The molecule has 0 saturated carbocycles. The first kappa shape index (κ1) is 37.4. The summed E-state index contributed by atoms with van der Waals surface area (Å²) in [6.07, 6.45) is 38.6. The molecular formula is C35H69NO2. The van der Waals surface area contributed by atoms with E-state index < -0.39 is 0 Å². The van der Waals surface area contributed by atoms with Crippen molar-refractivity contribution in [3.05, 3.63) is 24.3 Å². The molecule has 0 amide bonds. The summed E-state index contributed by atoms with van der Waals surface area (Å²) in [6.45, 7) is 7.90. The number of likely N-dealkylation sites (N-methyl/N-ethyl adjacent to an activating group) is 1. The summed E-state index contributed by atoms with van der Waals surface area (Å²) in [6, 6.07) is 0.369. The summed E-state index contributed by atoms with van der Waals surface area (Å²) in [5.41, 5.74) is 0. The molecule has 3 nitrogen and oxygen atoms in total. The summed E-state index contributed by atoms with van der Waals surface area (Å²) in [5, 5.41) is 0. The Morgan fingerprint density at radius 1 is 0.474 bits per heavy atom. The second-order valence-electron chi connectivity index (χ2n) is 11.5. The maximum absolute atomic E-state index is 5.99. The molecule has 0 spiro atoms. The van der Waals surface area contributed by atoms with Crippen LogP contribution >= 0.6 is 0 Å². The summed E-state index contributed by atoms with van der Waals surface area (Å²) < 4.78 is 11.9. The van der Waals surface area contributed by atoms with Crippen molar-refractivity contribution >= 4 is 0 Å². The maximum atomic E-state index is 5.99. The number of allylic oxidation sites excluding steroid dienone is 4. The van der Waals surface area contributed by atoms with Gasteiger partial charge in [-0.2, -0.15) is 0 Å². The third-order valence-electron chi connectivity index (χ3n) is 7.48. The predicted octanol–water partition coefficient (Wildman–Crippen LogP) is 10.7. The fourth-order valence-electron chi connectivity index (χ4n) is 4.67. The van der Waals surface area contributed by atoms with Crippen molar-refractivity contribution in [3.8, 4) is 0 Å². The topological polar surface area (TPSA) is 21.7 Å². The van der Waals surface area contributed by atoms with Gasteiger partial charge in [0.25, 0.3) is 0 Å². The van der Waals surface area contributed by atoms with Crippen molar-refractivity contribution in [2.75, 3.05) is 40.5 Å². The number of unbranched alkanes of at least 4 members (excludes halogenated alkanes) is 18. The molecule has 0 rings (SSSR count). The van der Waals surface area contributed by atoms with E-state index in [1.807, 2.05) is 0 Å². The van der Waals surface area contributed by atoms with Gasteiger partial charge in [-0.1, -0.05) is 134 Å². The van der Waals surface area contributed by atoms with Crippen LogP contribution in [0.2, 0.25) is 0 Å². The third-order valence-corrected chi connectivity index (χ3v) is 7.48. The van der Waals surface area contributed by atoms with E-state index in [0.29, 0.717) is 6.04 Å². The van der Waals surface area contributed by atoms with Gasteiger partial charge in [-0.25, -0.2) is 0 Å². The number of nitrogens with zero attached hydrogens (tertiary/aromatic N) is 1. The van der Waals surface area contributed by atoms with E-state index in [-0.39, 0.29) is 0 Å². The third kappa shape index (κ3) is 29.9. The van der Waals surface area contributed by atoms with Crippen LogP contribution in [0.25, 0.3) is 0 Å². The molecule has 1 atom stereocenters. The van der Waals surface area contributed by atoms with Crippen molar-refractivity contribution in [2.45, 2.75) is 161 Å². The first-order valence-electron chi connectivity index (χ1n) is 16.8. The van der Waals surface area contributed by atoms with E-state index in [1.165, 1.54) is 135 Å². The standard InChI is InChI=1S/C35H69NO2/c1-5-7-9-11-13-14-15-16-17-18-19-20-21-22-23-24-25-26-28-30-32-38-34-35(36(3)4)33-37-31-29-27-12-10-8-6-2/h13-14,16-17,35H,5-12,15,18-34H2,1-4H3/b14-13-,17-16-/t35-/m0/s1. The normalized spacial score (nSPS) is 13.0. The van der Waals surface area contributed by atoms with Gasteiger partial charge >= 0.3 is 0 Å². The van der Waals surface area contributed by atoms with Crippen LogP contribution in [0.4, 0.5) is 0 Å². The zero-order valence-electron chi connectivity index (χ0n) is 26.5. The van der Waals surface area contributed by atoms with E-state index >= 15 is 0 Å². The van der Waals surface area contributed by atoms with Crippen molar-refractivity contribution in [2.24, 2.45) is 0 Å². The smallest absolute Gasteiger partial charge is 0.0644 e. The summed E-state index contributed by atoms with van der Waals surface area (Å²) in [4.78, 5) is 2.24. The monoisotopic (exact) mass is 536 g/mol. The van der Waals surface area contributed by atoms with E-state index in [1.54, 1.807) is 0 Å². The Bertz CT molecular complexity index is 488. The lowest BCUT2D eigenvalue weighted by atomic mass is 10.1. The first-order valence-corrected chi connectivity index (χ1v) is 16.8. The molecule has 3 heteroatoms. The Morgan fingerprint density at radius 3 is 1.29 bits per heavy atom. The molecule has 0 heterocycles. The van der Waals surface area contributed by atoms with Crippen molar-refractivity contribution in [3.63, 3.8) is 0 Å². The molecule has 0 saturated heterocycles. The van der Waals surface area contributed by atoms with Crippen LogP contribution in [0.3, 0.4) is 0 Å². The van der Waals surface area contributed by atoms with Crippen LogP contribution in [0.15, 0.2) is 24.3 Å². The van der Waals surface area contributed by atoms with Gasteiger partial charge in [0.1, 0.15) is 0 Å². The van der Waals surface area contributed by atoms with Crippen molar-refractivity contribution in [1.82, 2.24) is 4.90 Å². The van der Waals surface area contributed by atoms with Gasteiger partial charge < -0.3 is 14.4 Å². The molecule has 0 radical (unpaired) electrons. The van der Waals surface area contributed by atoms with Gasteiger partial charge in [0.05, 0.1) is 19.3 Å². The van der Waals surface area contributed by atoms with E-state index in [0.717, 1.165) is 32.8 Å². The van der Waals surface area contributed by atoms with Crippen LogP contribution < -0.4 is 0 Å². The van der Waals surface area contributed by atoms with Crippen LogP contribution in [-0.4, -0.2) is 51.5 Å². The zero-order chi connectivity index (χ0) is 27.8. The van der Waals surface area contributed by atoms with Crippen LogP contribution in [-0.2, 0) is 9.47 Å². The minimum atomic E-state index is 0.369. The largest absolute Gasteiger partial charge is 0.380 e.